The molecule has 84 heavy (non-hydrogen) atoms. The van der Waals surface area contributed by atoms with Gasteiger partial charge in [0.1, 0.15) is 30.0 Å². The van der Waals surface area contributed by atoms with Gasteiger partial charge in [0.2, 0.25) is 0 Å². The average molecular weight is 1170 g/mol. The molecule has 2 heterocycles. The van der Waals surface area contributed by atoms with E-state index in [1.54, 1.807) is 19.2 Å². The second-order valence-electron chi connectivity index (χ2n) is 25.2. The number of phenols is 3. The maximum atomic E-state index is 16.8. The molecule has 434 valence electrons. The Hall–Kier alpha value is -6.60. The predicted octanol–water partition coefficient (Wildman–Crippen LogP) is 11.8. The molecular weight excluding hydrogens is 1090 g/mol. The van der Waals surface area contributed by atoms with Crippen molar-refractivity contribution in [3.05, 3.63) is 153 Å². The quantitative estimate of drug-likeness (QED) is 0.0559. The molecular formula is C70H71NO11S2. The van der Waals surface area contributed by atoms with Gasteiger partial charge in [0.05, 0.1) is 18.6 Å². The van der Waals surface area contributed by atoms with Crippen molar-refractivity contribution in [2.45, 2.75) is 125 Å². The van der Waals surface area contributed by atoms with Crippen LogP contribution < -0.4 is 14.8 Å². The van der Waals surface area contributed by atoms with Gasteiger partial charge in [-0.1, -0.05) is 93.8 Å². The number of carbonyl (C=O) groups is 2. The molecule has 11 bridgehead atoms. The SMILES string of the molecule is COc1cc2c(cc1O)[C@H]1C[C@@H](O)[C@H]3Cc4cc(O)c5cc4[C@H]4C[C@@H](C[C@@H](OC(C)=O)[C@@H](C2)[C@]1(C1=Cc2ccccc2CC1)[C@H]34)OC(=O)[C@@]12C[C@H](C#CCCNCc3cccc(c3)-c3cc(O)cc4ccc1cc34)C[C@@H](CSS[C@@H](O)CO5)C2. The van der Waals surface area contributed by atoms with Crippen molar-refractivity contribution in [2.24, 2.45) is 35.0 Å². The molecule has 6 aromatic rings. The highest BCUT2D eigenvalue weighted by Crippen LogP contribution is 2.72. The van der Waals surface area contributed by atoms with Crippen molar-refractivity contribution in [1.29, 1.82) is 0 Å². The Labute approximate surface area is 498 Å². The molecule has 12 nitrogen and oxygen atoms in total. The number of methoxy groups -OCH3 is 1. The first kappa shape index (κ1) is 55.3. The number of allylic oxidation sites excluding steroid dienone is 1. The highest BCUT2D eigenvalue weighted by molar-refractivity contribution is 8.76. The maximum Gasteiger partial charge on any atom is 0.316 e. The van der Waals surface area contributed by atoms with E-state index < -0.39 is 52.4 Å². The number of rotatable bonds is 3. The fourth-order valence-electron chi connectivity index (χ4n) is 17.4. The van der Waals surface area contributed by atoms with Crippen molar-refractivity contribution in [2.75, 3.05) is 26.0 Å². The molecule has 6 aliphatic carbocycles. The van der Waals surface area contributed by atoms with Crippen LogP contribution in [-0.4, -0.2) is 87.2 Å². The highest BCUT2D eigenvalue weighted by atomic mass is 33.1. The predicted molar refractivity (Wildman–Crippen MR) is 326 cm³/mol. The third kappa shape index (κ3) is 9.61. The maximum absolute atomic E-state index is 16.8. The number of ether oxygens (including phenoxy) is 4. The third-order valence-corrected chi connectivity index (χ3v) is 23.1. The van der Waals surface area contributed by atoms with Crippen LogP contribution in [-0.2, 0) is 50.3 Å². The number of aliphatic hydroxyl groups is 2. The third-order valence-electron chi connectivity index (χ3n) is 20.5. The van der Waals surface area contributed by atoms with Crippen LogP contribution in [0.4, 0.5) is 0 Å². The van der Waals surface area contributed by atoms with Crippen LogP contribution in [0.3, 0.4) is 0 Å². The number of aromatic hydroxyl groups is 3. The van der Waals surface area contributed by atoms with Crippen LogP contribution in [0.25, 0.3) is 28.0 Å². The van der Waals surface area contributed by atoms with Crippen LogP contribution in [0.1, 0.15) is 115 Å². The monoisotopic (exact) mass is 1170 g/mol. The summed E-state index contributed by atoms with van der Waals surface area (Å²) in [5, 5.41) is 65.0. The summed E-state index contributed by atoms with van der Waals surface area (Å²) in [6, 6.07) is 34.0. The number of carbonyl (C=O) groups excluding carboxylic acids is 2. The second kappa shape index (κ2) is 22.0. The van der Waals surface area contributed by atoms with Gasteiger partial charge in [-0.3, -0.25) is 9.59 Å². The first-order valence-electron chi connectivity index (χ1n) is 30.0. The van der Waals surface area contributed by atoms with Gasteiger partial charge in [-0.2, -0.15) is 0 Å². The smallest absolute Gasteiger partial charge is 0.316 e. The summed E-state index contributed by atoms with van der Waals surface area (Å²) in [7, 11) is 4.39. The summed E-state index contributed by atoms with van der Waals surface area (Å²) < 4.78 is 26.5. The topological polar surface area (TPSA) is 184 Å². The van der Waals surface area contributed by atoms with Crippen LogP contribution >= 0.6 is 21.6 Å². The summed E-state index contributed by atoms with van der Waals surface area (Å²) >= 11 is 0. The van der Waals surface area contributed by atoms with Gasteiger partial charge in [-0.15, -0.1) is 5.92 Å². The summed E-state index contributed by atoms with van der Waals surface area (Å²) in [5.41, 5.74) is 7.94. The molecule has 0 amide bonds. The largest absolute Gasteiger partial charge is 0.508 e. The Morgan fingerprint density at radius 3 is 2.58 bits per heavy atom. The molecule has 14 heteroatoms. The van der Waals surface area contributed by atoms with E-state index in [0.717, 1.165) is 73.7 Å². The second-order valence-corrected chi connectivity index (χ2v) is 27.8. The Morgan fingerprint density at radius 1 is 0.845 bits per heavy atom. The number of nitrogens with one attached hydrogen (secondary N) is 1. The summed E-state index contributed by atoms with van der Waals surface area (Å²) in [5.74, 6) is 5.48. The normalized spacial score (nSPS) is 31.4. The summed E-state index contributed by atoms with van der Waals surface area (Å²) in [4.78, 5) is 30.8. The molecule has 6 aromatic carbocycles. The number of aryl methyl sites for hydroxylation is 1. The molecule has 0 aromatic heterocycles. The summed E-state index contributed by atoms with van der Waals surface area (Å²) in [6.45, 7) is 2.69. The number of hydrogen-bond donors (Lipinski definition) is 6. The number of esters is 2. The van der Waals surface area contributed by atoms with Crippen LogP contribution in [0, 0.1) is 46.8 Å². The van der Waals surface area contributed by atoms with Crippen molar-refractivity contribution < 1.29 is 54.1 Å². The van der Waals surface area contributed by atoms with E-state index >= 15 is 4.79 Å². The first-order valence-corrected chi connectivity index (χ1v) is 32.4. The zero-order valence-electron chi connectivity index (χ0n) is 47.4. The van der Waals surface area contributed by atoms with E-state index in [0.29, 0.717) is 76.0 Å². The lowest BCUT2D eigenvalue weighted by Gasteiger charge is -2.66. The van der Waals surface area contributed by atoms with Crippen LogP contribution in [0.15, 0.2) is 109 Å². The minimum atomic E-state index is -1.23. The summed E-state index contributed by atoms with van der Waals surface area (Å²) in [6.07, 6.45) is 5.31. The van der Waals surface area contributed by atoms with Crippen molar-refractivity contribution in [1.82, 2.24) is 5.32 Å². The van der Waals surface area contributed by atoms with Crippen molar-refractivity contribution in [3.63, 3.8) is 0 Å². The van der Waals surface area contributed by atoms with Crippen LogP contribution in [0.2, 0.25) is 0 Å². The molecule has 8 aliphatic rings. The minimum absolute atomic E-state index is 0.0116. The lowest BCUT2D eigenvalue weighted by molar-refractivity contribution is -0.181. The molecule has 13 atom stereocenters. The van der Waals surface area contributed by atoms with E-state index in [2.05, 4.69) is 71.8 Å². The fraction of sp³-hybridized carbons (Fsp3) is 0.429. The molecule has 0 radical (unpaired) electrons. The number of fused-ring (bicyclic) bond motifs is 11. The van der Waals surface area contributed by atoms with E-state index in [1.807, 2.05) is 42.5 Å². The van der Waals surface area contributed by atoms with Gasteiger partial charge in [-0.25, -0.2) is 0 Å². The van der Waals surface area contributed by atoms with Gasteiger partial charge in [0, 0.05) is 55.9 Å². The van der Waals surface area contributed by atoms with Gasteiger partial charge in [-0.05, 0) is 202 Å². The molecule has 6 N–H and O–H groups in total. The zero-order chi connectivity index (χ0) is 57.6. The lowest BCUT2D eigenvalue weighted by atomic mass is 9.38. The van der Waals surface area contributed by atoms with Crippen molar-refractivity contribution in [3.8, 4) is 51.7 Å². The molecule has 0 saturated heterocycles. The van der Waals surface area contributed by atoms with Crippen molar-refractivity contribution >= 4 is 50.4 Å². The Morgan fingerprint density at radius 2 is 1.71 bits per heavy atom. The van der Waals surface area contributed by atoms with E-state index in [4.69, 9.17) is 18.9 Å². The van der Waals surface area contributed by atoms with Gasteiger partial charge >= 0.3 is 11.9 Å². The number of phenolic OH excluding ortho intramolecular Hbond substituents is 3. The molecule has 14 rings (SSSR count). The Bertz CT molecular complexity index is 3720. The zero-order valence-corrected chi connectivity index (χ0v) is 49.0. The standard InChI is InChI=1S/C70H71NO11S2/c1-38(72)81-63-29-51-28-56-54-31-65(61(75)24-46(54)22-57-60(74)32-58-55-30-62(76)64(79-2)25-47(55)23-59(63)70(58,67(56)57)49-16-13-42-10-3-4-11-43(42)20-49)80-36-66(77)84-83-37-41-18-39-8-5-6-17-71-35-40-9-7-12-44(19-40)53-27-50(73)21-45-14-15-48(26-52(45)53)69(33-39,34-41)68(78)82-51/h3-4,7,9-12,14-15,19-21,24-27,30-31,39,41,51,56-60,63,66-67,71,73-77H,6,13,16-18,22-23,28-29,32-37H2,1-2H3/t39-,41-,51+,56-,57-,58-,59-,60-,63-,66-,67+,69-,70-/m1/s1. The molecule has 3 fully saturated rings. The highest BCUT2D eigenvalue weighted by Gasteiger charge is 2.68. The molecule has 3 saturated carbocycles. The number of hydrogen-bond acceptors (Lipinski definition) is 14. The fourth-order valence-corrected chi connectivity index (χ4v) is 19.6. The Kier molecular flexibility index (Phi) is 14.5. The average Bonchev–Trinajstić information content (AvgIpc) is 0.743. The molecule has 1 spiro atoms. The van der Waals surface area contributed by atoms with E-state index in [-0.39, 0.29) is 71.6 Å². The Balaban J connectivity index is 0.997. The number of benzene rings is 6. The first-order chi connectivity index (χ1) is 40.8. The van der Waals surface area contributed by atoms with E-state index in [9.17, 15) is 30.3 Å². The van der Waals surface area contributed by atoms with Gasteiger partial charge in [0.15, 0.2) is 23.0 Å². The number of aliphatic hydroxyl groups excluding tert-OH is 2. The lowest BCUT2D eigenvalue weighted by Crippen LogP contribution is -2.64. The minimum Gasteiger partial charge on any atom is -0.508 e. The van der Waals surface area contributed by atoms with Crippen LogP contribution in [0.5, 0.6) is 28.7 Å². The molecule has 0 unspecified atom stereocenters. The van der Waals surface area contributed by atoms with E-state index in [1.165, 1.54) is 39.6 Å². The van der Waals surface area contributed by atoms with Gasteiger partial charge in [0.25, 0.3) is 0 Å². The van der Waals surface area contributed by atoms with Gasteiger partial charge < -0.3 is 49.8 Å². The molecule has 2 aliphatic heterocycles.